The van der Waals surface area contributed by atoms with Gasteiger partial charge in [0.1, 0.15) is 5.82 Å². The molecule has 1 aromatic rings. The van der Waals surface area contributed by atoms with Gasteiger partial charge >= 0.3 is 0 Å². The minimum Gasteiger partial charge on any atom is -0.314 e. The minimum atomic E-state index is -0.240. The van der Waals surface area contributed by atoms with Gasteiger partial charge in [-0.1, -0.05) is 31.9 Å². The zero-order valence-electron chi connectivity index (χ0n) is 12.3. The van der Waals surface area contributed by atoms with Crippen LogP contribution in [0.4, 0.5) is 4.39 Å². The zero-order chi connectivity index (χ0) is 14.5. The molecule has 1 unspecified atom stereocenters. The summed E-state index contributed by atoms with van der Waals surface area (Å²) in [6.07, 6.45) is 2.29. The Bertz CT molecular complexity index is 412. The predicted molar refractivity (Wildman–Crippen MR) is 82.7 cm³/mol. The number of halogens is 2. The van der Waals surface area contributed by atoms with E-state index in [9.17, 15) is 4.39 Å². The average Bonchev–Trinajstić information content (AvgIpc) is 2.39. The largest absolute Gasteiger partial charge is 0.314 e. The Morgan fingerprint density at radius 1 is 1.30 bits per heavy atom. The molecular formula is C16H24ClFN2. The second-order valence-corrected chi connectivity index (χ2v) is 6.14. The summed E-state index contributed by atoms with van der Waals surface area (Å²) in [6.45, 7) is 8.47. The number of nitrogens with zero attached hydrogens (tertiary/aromatic N) is 1. The van der Waals surface area contributed by atoms with Crippen LogP contribution in [-0.2, 0) is 0 Å². The van der Waals surface area contributed by atoms with Crippen molar-refractivity contribution in [2.24, 2.45) is 5.92 Å². The summed E-state index contributed by atoms with van der Waals surface area (Å²) < 4.78 is 13.7. The van der Waals surface area contributed by atoms with Crippen molar-refractivity contribution in [3.63, 3.8) is 0 Å². The van der Waals surface area contributed by atoms with E-state index in [-0.39, 0.29) is 11.9 Å². The third-order valence-corrected chi connectivity index (χ3v) is 4.27. The zero-order valence-corrected chi connectivity index (χ0v) is 13.1. The summed E-state index contributed by atoms with van der Waals surface area (Å²) in [4.78, 5) is 2.46. The highest BCUT2D eigenvalue weighted by atomic mass is 35.5. The lowest BCUT2D eigenvalue weighted by Gasteiger charge is -2.38. The molecule has 0 amide bonds. The van der Waals surface area contributed by atoms with Crippen molar-refractivity contribution in [1.29, 1.82) is 0 Å². The van der Waals surface area contributed by atoms with Crippen molar-refractivity contribution < 1.29 is 4.39 Å². The van der Waals surface area contributed by atoms with Crippen molar-refractivity contribution in [2.45, 2.75) is 32.7 Å². The Morgan fingerprint density at radius 3 is 2.60 bits per heavy atom. The van der Waals surface area contributed by atoms with Gasteiger partial charge in [0.15, 0.2) is 0 Å². The van der Waals surface area contributed by atoms with Crippen LogP contribution in [0.5, 0.6) is 0 Å². The standard InChI is InChI=1S/C16H24ClFN2/c1-3-4-12(2)16(20-7-5-19-6-8-20)13-9-14(17)11-15(18)10-13/h9-12,16,19H,3-8H2,1-2H3/t12?,16-/m0/s1. The predicted octanol–water partition coefficient (Wildman–Crippen LogP) is 3.86. The van der Waals surface area contributed by atoms with Gasteiger partial charge in [-0.15, -0.1) is 0 Å². The Morgan fingerprint density at radius 2 is 2.00 bits per heavy atom. The van der Waals surface area contributed by atoms with Gasteiger partial charge in [0.25, 0.3) is 0 Å². The molecule has 1 heterocycles. The summed E-state index contributed by atoms with van der Waals surface area (Å²) in [5.74, 6) is 0.257. The van der Waals surface area contributed by atoms with Gasteiger partial charge in [-0.25, -0.2) is 4.39 Å². The van der Waals surface area contributed by atoms with E-state index in [4.69, 9.17) is 11.6 Å². The van der Waals surface area contributed by atoms with E-state index < -0.39 is 0 Å². The van der Waals surface area contributed by atoms with Crippen LogP contribution < -0.4 is 5.32 Å². The normalized spacial score (nSPS) is 19.8. The Kier molecular flexibility index (Phi) is 5.82. The molecular weight excluding hydrogens is 275 g/mol. The molecule has 2 rings (SSSR count). The first-order valence-corrected chi connectivity index (χ1v) is 7.90. The molecule has 1 saturated heterocycles. The highest BCUT2D eigenvalue weighted by Gasteiger charge is 2.27. The van der Waals surface area contributed by atoms with Gasteiger partial charge in [0, 0.05) is 37.2 Å². The van der Waals surface area contributed by atoms with Gasteiger partial charge in [-0.3, -0.25) is 4.90 Å². The van der Waals surface area contributed by atoms with Crippen molar-refractivity contribution in [3.05, 3.63) is 34.6 Å². The van der Waals surface area contributed by atoms with E-state index in [2.05, 4.69) is 24.1 Å². The molecule has 1 aromatic carbocycles. The maximum absolute atomic E-state index is 13.7. The summed E-state index contributed by atoms with van der Waals surface area (Å²) in [7, 11) is 0. The lowest BCUT2D eigenvalue weighted by atomic mass is 9.89. The number of rotatable bonds is 5. The van der Waals surface area contributed by atoms with Crippen molar-refractivity contribution in [2.75, 3.05) is 26.2 Å². The van der Waals surface area contributed by atoms with Crippen molar-refractivity contribution in [3.8, 4) is 0 Å². The van der Waals surface area contributed by atoms with Gasteiger partial charge < -0.3 is 5.32 Å². The maximum Gasteiger partial charge on any atom is 0.125 e. The first-order chi connectivity index (χ1) is 9.61. The van der Waals surface area contributed by atoms with Crippen LogP contribution in [0.25, 0.3) is 0 Å². The third-order valence-electron chi connectivity index (χ3n) is 4.05. The second kappa shape index (κ2) is 7.39. The second-order valence-electron chi connectivity index (χ2n) is 5.70. The minimum absolute atomic E-state index is 0.240. The molecule has 0 saturated carbocycles. The van der Waals surface area contributed by atoms with Gasteiger partial charge in [-0.2, -0.15) is 0 Å². The van der Waals surface area contributed by atoms with Crippen LogP contribution in [0.2, 0.25) is 5.02 Å². The van der Waals surface area contributed by atoms with E-state index in [0.717, 1.165) is 44.6 Å². The number of benzene rings is 1. The highest BCUT2D eigenvalue weighted by Crippen LogP contribution is 2.33. The Balaban J connectivity index is 2.28. The van der Waals surface area contributed by atoms with Crippen LogP contribution in [0.1, 0.15) is 38.3 Å². The van der Waals surface area contributed by atoms with Crippen LogP contribution in [0.3, 0.4) is 0 Å². The highest BCUT2D eigenvalue weighted by molar-refractivity contribution is 6.30. The van der Waals surface area contributed by atoms with Crippen LogP contribution in [0, 0.1) is 11.7 Å². The summed E-state index contributed by atoms with van der Waals surface area (Å²) in [6, 6.07) is 5.20. The molecule has 20 heavy (non-hydrogen) atoms. The molecule has 0 bridgehead atoms. The number of hydrogen-bond donors (Lipinski definition) is 1. The maximum atomic E-state index is 13.7. The van der Waals surface area contributed by atoms with Gasteiger partial charge in [0.2, 0.25) is 0 Å². The first kappa shape index (κ1) is 15.7. The molecule has 112 valence electrons. The van der Waals surface area contributed by atoms with Crippen molar-refractivity contribution in [1.82, 2.24) is 10.2 Å². The van der Waals surface area contributed by atoms with E-state index in [1.54, 1.807) is 6.07 Å². The smallest absolute Gasteiger partial charge is 0.125 e. The molecule has 1 fully saturated rings. The SMILES string of the molecule is CCCC(C)[C@@H](c1cc(F)cc(Cl)c1)N1CCNCC1. The molecule has 0 aromatic heterocycles. The van der Waals surface area contributed by atoms with Gasteiger partial charge in [0.05, 0.1) is 0 Å². The van der Waals surface area contributed by atoms with Crippen LogP contribution in [-0.4, -0.2) is 31.1 Å². The lowest BCUT2D eigenvalue weighted by molar-refractivity contribution is 0.126. The van der Waals surface area contributed by atoms with E-state index in [1.807, 2.05) is 6.07 Å². The fraction of sp³-hybridized carbons (Fsp3) is 0.625. The van der Waals surface area contributed by atoms with Crippen molar-refractivity contribution >= 4 is 11.6 Å². The molecule has 0 spiro atoms. The molecule has 1 aliphatic rings. The topological polar surface area (TPSA) is 15.3 Å². The molecule has 1 N–H and O–H groups in total. The fourth-order valence-corrected chi connectivity index (χ4v) is 3.45. The number of hydrogen-bond acceptors (Lipinski definition) is 2. The summed E-state index contributed by atoms with van der Waals surface area (Å²) in [5.41, 5.74) is 1.01. The third kappa shape index (κ3) is 3.94. The molecule has 2 nitrogen and oxygen atoms in total. The van der Waals surface area contributed by atoms with E-state index >= 15 is 0 Å². The van der Waals surface area contributed by atoms with E-state index in [1.165, 1.54) is 6.07 Å². The number of nitrogens with one attached hydrogen (secondary N) is 1. The lowest BCUT2D eigenvalue weighted by Crippen LogP contribution is -2.46. The Hall–Kier alpha value is -0.640. The molecule has 0 aliphatic carbocycles. The molecule has 4 heteroatoms. The molecule has 1 aliphatic heterocycles. The fourth-order valence-electron chi connectivity index (χ4n) is 3.22. The first-order valence-electron chi connectivity index (χ1n) is 7.52. The summed E-state index contributed by atoms with van der Waals surface area (Å²) in [5, 5.41) is 3.86. The van der Waals surface area contributed by atoms with Crippen LogP contribution >= 0.6 is 11.6 Å². The van der Waals surface area contributed by atoms with E-state index in [0.29, 0.717) is 10.9 Å². The average molecular weight is 299 g/mol. The van der Waals surface area contributed by atoms with Gasteiger partial charge in [-0.05, 0) is 36.1 Å². The molecule has 0 radical (unpaired) electrons. The quantitative estimate of drug-likeness (QED) is 0.888. The monoisotopic (exact) mass is 298 g/mol. The molecule has 2 atom stereocenters. The van der Waals surface area contributed by atoms with Crippen LogP contribution in [0.15, 0.2) is 18.2 Å². The number of piperazine rings is 1. The Labute approximate surface area is 126 Å². The summed E-state index contributed by atoms with van der Waals surface area (Å²) >= 11 is 6.04.